The lowest BCUT2D eigenvalue weighted by molar-refractivity contribution is 0.0679. The van der Waals surface area contributed by atoms with E-state index in [-0.39, 0.29) is 17.4 Å². The Kier molecular flexibility index (Phi) is 2.40. The second-order valence-electron chi connectivity index (χ2n) is 5.19. The van der Waals surface area contributed by atoms with Gasteiger partial charge in [0.2, 0.25) is 0 Å². The molecule has 0 bridgehead atoms. The Balaban J connectivity index is 2.19. The first-order valence-corrected chi connectivity index (χ1v) is 6.22. The van der Waals surface area contributed by atoms with E-state index in [9.17, 15) is 14.7 Å². The summed E-state index contributed by atoms with van der Waals surface area (Å²) < 4.78 is 0. The Labute approximate surface area is 104 Å². The van der Waals surface area contributed by atoms with Gasteiger partial charge in [0, 0.05) is 0 Å². The van der Waals surface area contributed by atoms with Gasteiger partial charge >= 0.3 is 11.9 Å². The van der Waals surface area contributed by atoms with Crippen LogP contribution in [0.25, 0.3) is 0 Å². The van der Waals surface area contributed by atoms with Crippen LogP contribution in [0.5, 0.6) is 0 Å². The van der Waals surface area contributed by atoms with E-state index in [0.717, 1.165) is 36.8 Å². The van der Waals surface area contributed by atoms with Crippen LogP contribution in [0.3, 0.4) is 0 Å². The quantitative estimate of drug-likeness (QED) is 0.856. The minimum atomic E-state index is -0.976. The summed E-state index contributed by atoms with van der Waals surface area (Å²) in [4.78, 5) is 22.6. The zero-order valence-corrected chi connectivity index (χ0v) is 9.85. The molecule has 0 radical (unpaired) electrons. The lowest BCUT2D eigenvalue weighted by Crippen LogP contribution is -2.09. The number of hydrogen-bond donors (Lipinski definition) is 2. The standard InChI is InChI=1S/C14H14O4/c15-13(16)9-5-10(7-1-2-7)12(14(17)18)11(6-9)8-3-4-8/h5-8H,1-4H2,(H,15,16)(H,17,18). The van der Waals surface area contributed by atoms with Crippen molar-refractivity contribution in [2.75, 3.05) is 0 Å². The van der Waals surface area contributed by atoms with Gasteiger partial charge in [-0.2, -0.15) is 0 Å². The topological polar surface area (TPSA) is 74.6 Å². The molecule has 1 aromatic rings. The van der Waals surface area contributed by atoms with Crippen molar-refractivity contribution in [1.82, 2.24) is 0 Å². The van der Waals surface area contributed by atoms with Gasteiger partial charge < -0.3 is 10.2 Å². The van der Waals surface area contributed by atoms with Crippen LogP contribution in [0.2, 0.25) is 0 Å². The van der Waals surface area contributed by atoms with Crippen LogP contribution >= 0.6 is 0 Å². The fourth-order valence-electron chi connectivity index (χ4n) is 2.49. The first kappa shape index (κ1) is 11.3. The van der Waals surface area contributed by atoms with E-state index in [4.69, 9.17) is 5.11 Å². The molecule has 94 valence electrons. The zero-order valence-electron chi connectivity index (χ0n) is 9.85. The summed E-state index contributed by atoms with van der Waals surface area (Å²) >= 11 is 0. The van der Waals surface area contributed by atoms with E-state index in [1.54, 1.807) is 12.1 Å². The molecule has 2 aliphatic carbocycles. The summed E-state index contributed by atoms with van der Waals surface area (Å²) in [6.07, 6.45) is 3.86. The molecule has 2 aliphatic rings. The molecule has 2 N–H and O–H groups in total. The van der Waals surface area contributed by atoms with Crippen molar-refractivity contribution in [3.05, 3.63) is 34.4 Å². The number of carboxylic acids is 2. The summed E-state index contributed by atoms with van der Waals surface area (Å²) in [6, 6.07) is 3.10. The van der Waals surface area contributed by atoms with Crippen molar-refractivity contribution in [2.45, 2.75) is 37.5 Å². The van der Waals surface area contributed by atoms with Crippen LogP contribution in [0, 0.1) is 0 Å². The molecule has 0 aliphatic heterocycles. The molecule has 4 nitrogen and oxygen atoms in total. The van der Waals surface area contributed by atoms with Crippen molar-refractivity contribution in [1.29, 1.82) is 0 Å². The highest BCUT2D eigenvalue weighted by Crippen LogP contribution is 2.48. The first-order valence-electron chi connectivity index (χ1n) is 6.22. The third-order valence-electron chi connectivity index (χ3n) is 3.69. The molecule has 0 amide bonds. The van der Waals surface area contributed by atoms with Gasteiger partial charge in [0.05, 0.1) is 11.1 Å². The first-order chi connectivity index (χ1) is 8.58. The van der Waals surface area contributed by atoms with E-state index in [0.29, 0.717) is 5.56 Å². The molecule has 2 fully saturated rings. The fraction of sp³-hybridized carbons (Fsp3) is 0.429. The second-order valence-corrected chi connectivity index (χ2v) is 5.19. The molecule has 2 saturated carbocycles. The van der Waals surface area contributed by atoms with Crippen LogP contribution in [0.1, 0.15) is 69.4 Å². The molecular formula is C14H14O4. The predicted molar refractivity (Wildman–Crippen MR) is 64.3 cm³/mol. The highest BCUT2D eigenvalue weighted by molar-refractivity contribution is 5.95. The molecule has 18 heavy (non-hydrogen) atoms. The SMILES string of the molecule is O=C(O)c1cc(C2CC2)c(C(=O)O)c(C2CC2)c1. The van der Waals surface area contributed by atoms with Gasteiger partial charge in [-0.1, -0.05) is 0 Å². The number of aromatic carboxylic acids is 2. The van der Waals surface area contributed by atoms with Gasteiger partial charge in [-0.3, -0.25) is 0 Å². The van der Waals surface area contributed by atoms with Crippen LogP contribution in [0.15, 0.2) is 12.1 Å². The monoisotopic (exact) mass is 246 g/mol. The molecule has 0 aromatic heterocycles. The van der Waals surface area contributed by atoms with Gasteiger partial charge in [-0.25, -0.2) is 9.59 Å². The summed E-state index contributed by atoms with van der Waals surface area (Å²) in [5.74, 6) is -1.41. The van der Waals surface area contributed by atoms with Gasteiger partial charge in [0.15, 0.2) is 0 Å². The maximum Gasteiger partial charge on any atom is 0.336 e. The summed E-state index contributed by atoms with van der Waals surface area (Å²) in [6.45, 7) is 0. The number of hydrogen-bond acceptors (Lipinski definition) is 2. The molecule has 0 saturated heterocycles. The van der Waals surface area contributed by atoms with Gasteiger partial charge in [0.25, 0.3) is 0 Å². The Morgan fingerprint density at radius 1 is 0.889 bits per heavy atom. The van der Waals surface area contributed by atoms with Crippen molar-refractivity contribution in [2.24, 2.45) is 0 Å². The van der Waals surface area contributed by atoms with Crippen LogP contribution in [-0.4, -0.2) is 22.2 Å². The number of carbonyl (C=O) groups is 2. The van der Waals surface area contributed by atoms with Crippen molar-refractivity contribution < 1.29 is 19.8 Å². The Bertz CT molecular complexity index is 506. The number of carboxylic acid groups (broad SMARTS) is 2. The third kappa shape index (κ3) is 1.88. The lowest BCUT2D eigenvalue weighted by Gasteiger charge is -2.12. The van der Waals surface area contributed by atoms with Crippen molar-refractivity contribution >= 4 is 11.9 Å². The molecule has 3 rings (SSSR count). The lowest BCUT2D eigenvalue weighted by atomic mass is 9.92. The highest BCUT2D eigenvalue weighted by Gasteiger charge is 2.35. The normalized spacial score (nSPS) is 18.7. The van der Waals surface area contributed by atoms with Gasteiger partial charge in [-0.05, 0) is 60.8 Å². The predicted octanol–water partition coefficient (Wildman–Crippen LogP) is 2.84. The molecular weight excluding hydrogens is 232 g/mol. The van der Waals surface area contributed by atoms with E-state index < -0.39 is 11.9 Å². The molecule has 0 spiro atoms. The van der Waals surface area contributed by atoms with E-state index >= 15 is 0 Å². The Morgan fingerprint density at radius 3 is 1.61 bits per heavy atom. The summed E-state index contributed by atoms with van der Waals surface area (Å²) in [5, 5.41) is 18.5. The maximum absolute atomic E-state index is 11.4. The zero-order chi connectivity index (χ0) is 12.9. The number of benzene rings is 1. The van der Waals surface area contributed by atoms with Crippen molar-refractivity contribution in [3.63, 3.8) is 0 Å². The molecule has 4 heteroatoms. The average Bonchev–Trinajstić information content (AvgIpc) is 3.17. The smallest absolute Gasteiger partial charge is 0.336 e. The summed E-state index contributed by atoms with van der Waals surface area (Å²) in [5.41, 5.74) is 2.04. The van der Waals surface area contributed by atoms with Crippen LogP contribution in [-0.2, 0) is 0 Å². The third-order valence-corrected chi connectivity index (χ3v) is 3.69. The van der Waals surface area contributed by atoms with Crippen LogP contribution in [0.4, 0.5) is 0 Å². The Morgan fingerprint density at radius 2 is 1.33 bits per heavy atom. The maximum atomic E-state index is 11.4. The average molecular weight is 246 g/mol. The molecule has 0 atom stereocenters. The van der Waals surface area contributed by atoms with Crippen molar-refractivity contribution in [3.8, 4) is 0 Å². The minimum absolute atomic E-state index is 0.226. The minimum Gasteiger partial charge on any atom is -0.478 e. The Hall–Kier alpha value is -1.84. The highest BCUT2D eigenvalue weighted by atomic mass is 16.4. The second kappa shape index (κ2) is 3.83. The molecule has 1 aromatic carbocycles. The number of rotatable bonds is 4. The summed E-state index contributed by atoms with van der Waals surface area (Å²) in [7, 11) is 0. The van der Waals surface area contributed by atoms with E-state index in [1.807, 2.05) is 0 Å². The van der Waals surface area contributed by atoms with Gasteiger partial charge in [-0.15, -0.1) is 0 Å². The van der Waals surface area contributed by atoms with E-state index in [2.05, 4.69) is 0 Å². The largest absolute Gasteiger partial charge is 0.478 e. The van der Waals surface area contributed by atoms with E-state index in [1.165, 1.54) is 0 Å². The van der Waals surface area contributed by atoms with Gasteiger partial charge in [0.1, 0.15) is 0 Å². The molecule has 0 heterocycles. The van der Waals surface area contributed by atoms with Crippen LogP contribution < -0.4 is 0 Å². The fourth-order valence-corrected chi connectivity index (χ4v) is 2.49. The molecule has 0 unspecified atom stereocenters.